The van der Waals surface area contributed by atoms with E-state index in [0.29, 0.717) is 0 Å². The maximum absolute atomic E-state index is 10.7. The minimum atomic E-state index is -0.279. The van der Waals surface area contributed by atoms with Gasteiger partial charge in [0.25, 0.3) is 0 Å². The highest BCUT2D eigenvalue weighted by atomic mass is 127. The molecule has 4 nitrogen and oxygen atoms in total. The minimum Gasteiger partial charge on any atom is -0.397 e. The van der Waals surface area contributed by atoms with Gasteiger partial charge < -0.3 is 15.7 Å². The van der Waals surface area contributed by atoms with E-state index < -0.39 is 0 Å². The number of rotatable bonds is 2. The molecule has 2 aliphatic rings. The van der Waals surface area contributed by atoms with E-state index in [4.69, 9.17) is 5.73 Å². The molecule has 0 radical (unpaired) electrons. The summed E-state index contributed by atoms with van der Waals surface area (Å²) in [5.41, 5.74) is 10.8. The highest BCUT2D eigenvalue weighted by Crippen LogP contribution is 2.30. The van der Waals surface area contributed by atoms with Crippen molar-refractivity contribution in [1.82, 2.24) is 4.90 Å². The van der Waals surface area contributed by atoms with E-state index >= 15 is 0 Å². The fraction of sp³-hybridized carbons (Fsp3) is 0.400. The number of halogens is 1. The SMILES string of the molecule is Nc1ccccc1N1CCN([C@@H]2Cc3c(I)cccc3C[C@H]2O)CC1. The number of hydrogen-bond acceptors (Lipinski definition) is 4. The average molecular weight is 449 g/mol. The Morgan fingerprint density at radius 2 is 1.72 bits per heavy atom. The lowest BCUT2D eigenvalue weighted by atomic mass is 9.85. The lowest BCUT2D eigenvalue weighted by Gasteiger charge is -2.44. The highest BCUT2D eigenvalue weighted by molar-refractivity contribution is 14.1. The van der Waals surface area contributed by atoms with Crippen LogP contribution in [0.2, 0.25) is 0 Å². The molecular formula is C20H24IN3O. The van der Waals surface area contributed by atoms with E-state index in [2.05, 4.69) is 56.7 Å². The Balaban J connectivity index is 1.46. The van der Waals surface area contributed by atoms with E-state index in [1.54, 1.807) is 0 Å². The lowest BCUT2D eigenvalue weighted by molar-refractivity contribution is 0.0394. The van der Waals surface area contributed by atoms with Crippen LogP contribution >= 0.6 is 22.6 Å². The van der Waals surface area contributed by atoms with Crippen LogP contribution in [-0.4, -0.2) is 48.3 Å². The van der Waals surface area contributed by atoms with Gasteiger partial charge in [-0.3, -0.25) is 4.90 Å². The molecule has 1 heterocycles. The maximum Gasteiger partial charge on any atom is 0.0739 e. The number of nitrogen functional groups attached to an aromatic ring is 1. The van der Waals surface area contributed by atoms with Crippen molar-refractivity contribution in [2.75, 3.05) is 36.8 Å². The maximum atomic E-state index is 10.7. The first-order valence-electron chi connectivity index (χ1n) is 8.91. The van der Waals surface area contributed by atoms with Gasteiger partial charge in [-0.1, -0.05) is 24.3 Å². The summed E-state index contributed by atoms with van der Waals surface area (Å²) in [5.74, 6) is 0. The second kappa shape index (κ2) is 7.13. The molecule has 0 saturated carbocycles. The molecule has 0 aromatic heterocycles. The Kier molecular flexibility index (Phi) is 4.88. The van der Waals surface area contributed by atoms with Gasteiger partial charge in [0.1, 0.15) is 0 Å². The van der Waals surface area contributed by atoms with Crippen LogP contribution < -0.4 is 10.6 Å². The topological polar surface area (TPSA) is 52.7 Å². The molecule has 2 atom stereocenters. The monoisotopic (exact) mass is 449 g/mol. The normalized spacial score (nSPS) is 24.2. The van der Waals surface area contributed by atoms with E-state index in [-0.39, 0.29) is 12.1 Å². The van der Waals surface area contributed by atoms with E-state index in [1.807, 2.05) is 18.2 Å². The van der Waals surface area contributed by atoms with Crippen LogP contribution in [0.1, 0.15) is 11.1 Å². The third-order valence-corrected chi connectivity index (χ3v) is 6.57. The summed E-state index contributed by atoms with van der Waals surface area (Å²) in [6, 6.07) is 14.7. The molecular weight excluding hydrogens is 425 g/mol. The van der Waals surface area contributed by atoms with Crippen LogP contribution in [-0.2, 0) is 12.8 Å². The number of benzene rings is 2. The smallest absolute Gasteiger partial charge is 0.0739 e. The molecule has 4 rings (SSSR count). The van der Waals surface area contributed by atoms with E-state index in [0.717, 1.165) is 50.4 Å². The molecule has 0 bridgehead atoms. The number of fused-ring (bicyclic) bond motifs is 1. The van der Waals surface area contributed by atoms with Crippen LogP contribution in [0.25, 0.3) is 0 Å². The van der Waals surface area contributed by atoms with Crippen molar-refractivity contribution >= 4 is 34.0 Å². The first-order valence-corrected chi connectivity index (χ1v) is 9.99. The molecule has 2 aromatic carbocycles. The largest absolute Gasteiger partial charge is 0.397 e. The quantitative estimate of drug-likeness (QED) is 0.547. The van der Waals surface area contributed by atoms with Gasteiger partial charge in [-0.2, -0.15) is 0 Å². The zero-order valence-corrected chi connectivity index (χ0v) is 16.4. The number of piperazine rings is 1. The lowest BCUT2D eigenvalue weighted by Crippen LogP contribution is -2.56. The van der Waals surface area contributed by atoms with Crippen LogP contribution in [0.3, 0.4) is 0 Å². The van der Waals surface area contributed by atoms with Crippen molar-refractivity contribution in [2.45, 2.75) is 25.0 Å². The van der Waals surface area contributed by atoms with Gasteiger partial charge in [-0.25, -0.2) is 0 Å². The van der Waals surface area contributed by atoms with Gasteiger partial charge in [-0.05, 0) is 58.3 Å². The van der Waals surface area contributed by atoms with Crippen molar-refractivity contribution in [3.8, 4) is 0 Å². The summed E-state index contributed by atoms with van der Waals surface area (Å²) < 4.78 is 1.32. The van der Waals surface area contributed by atoms with Gasteiger partial charge >= 0.3 is 0 Å². The van der Waals surface area contributed by atoms with Gasteiger partial charge in [0.05, 0.1) is 17.5 Å². The number of anilines is 2. The molecule has 5 heteroatoms. The standard InChI is InChI=1S/C20H24IN3O/c21-16-5-3-4-14-12-20(25)19(13-15(14)16)24-10-8-23(9-11-24)18-7-2-1-6-17(18)22/h1-7,19-20,25H,8-13,22H2/t19-,20-/m1/s1. The third kappa shape index (κ3) is 3.37. The van der Waals surface area contributed by atoms with E-state index in [9.17, 15) is 5.11 Å². The number of nitrogens with zero attached hydrogens (tertiary/aromatic N) is 2. The summed E-state index contributed by atoms with van der Waals surface area (Å²) in [6.07, 6.45) is 1.44. The van der Waals surface area contributed by atoms with Crippen molar-refractivity contribution in [3.05, 3.63) is 57.2 Å². The molecule has 0 amide bonds. The predicted molar refractivity (Wildman–Crippen MR) is 111 cm³/mol. The zero-order chi connectivity index (χ0) is 17.4. The molecule has 2 aromatic rings. The number of hydrogen-bond donors (Lipinski definition) is 2. The van der Waals surface area contributed by atoms with Crippen LogP contribution in [0.5, 0.6) is 0 Å². The second-order valence-corrected chi connectivity index (χ2v) is 8.16. The summed E-state index contributed by atoms with van der Waals surface area (Å²) in [5, 5.41) is 10.7. The second-order valence-electron chi connectivity index (χ2n) is 7.00. The molecule has 1 fully saturated rings. The minimum absolute atomic E-state index is 0.221. The van der Waals surface area contributed by atoms with Crippen molar-refractivity contribution < 1.29 is 5.11 Å². The predicted octanol–water partition coefficient (Wildman–Crippen LogP) is 2.52. The first-order chi connectivity index (χ1) is 12.1. The van der Waals surface area contributed by atoms with Gasteiger partial charge in [-0.15, -0.1) is 0 Å². The average Bonchev–Trinajstić information content (AvgIpc) is 2.62. The number of aliphatic hydroxyl groups excluding tert-OH is 1. The molecule has 25 heavy (non-hydrogen) atoms. The summed E-state index contributed by atoms with van der Waals surface area (Å²) >= 11 is 2.42. The Bertz CT molecular complexity index is 758. The molecule has 0 spiro atoms. The Labute approximate surface area is 162 Å². The van der Waals surface area contributed by atoms with Crippen LogP contribution in [0.15, 0.2) is 42.5 Å². The third-order valence-electron chi connectivity index (χ3n) is 5.56. The van der Waals surface area contributed by atoms with Gasteiger partial charge in [0, 0.05) is 42.2 Å². The molecule has 132 valence electrons. The van der Waals surface area contributed by atoms with Gasteiger partial charge in [0.2, 0.25) is 0 Å². The molecule has 1 saturated heterocycles. The Morgan fingerprint density at radius 1 is 0.960 bits per heavy atom. The Hall–Kier alpha value is -1.31. The summed E-state index contributed by atoms with van der Waals surface area (Å²) in [4.78, 5) is 4.82. The number of nitrogens with two attached hydrogens (primary N) is 1. The van der Waals surface area contributed by atoms with E-state index in [1.165, 1.54) is 14.7 Å². The molecule has 3 N–H and O–H groups in total. The fourth-order valence-electron chi connectivity index (χ4n) is 4.17. The zero-order valence-electron chi connectivity index (χ0n) is 14.2. The van der Waals surface area contributed by atoms with Crippen molar-refractivity contribution in [3.63, 3.8) is 0 Å². The number of para-hydroxylation sites is 2. The van der Waals surface area contributed by atoms with Gasteiger partial charge in [0.15, 0.2) is 0 Å². The molecule has 1 aliphatic heterocycles. The Morgan fingerprint density at radius 3 is 2.48 bits per heavy atom. The van der Waals surface area contributed by atoms with Crippen molar-refractivity contribution in [2.24, 2.45) is 0 Å². The van der Waals surface area contributed by atoms with Crippen LogP contribution in [0, 0.1) is 3.57 Å². The fourth-order valence-corrected chi connectivity index (χ4v) is 4.95. The summed E-state index contributed by atoms with van der Waals surface area (Å²) in [7, 11) is 0. The highest BCUT2D eigenvalue weighted by Gasteiger charge is 2.34. The molecule has 0 unspecified atom stereocenters. The first kappa shape index (κ1) is 17.1. The molecule has 1 aliphatic carbocycles. The number of aliphatic hydroxyl groups is 1. The summed E-state index contributed by atoms with van der Waals surface area (Å²) in [6.45, 7) is 3.84. The van der Waals surface area contributed by atoms with Crippen LogP contribution in [0.4, 0.5) is 11.4 Å². The van der Waals surface area contributed by atoms with Crippen molar-refractivity contribution in [1.29, 1.82) is 0 Å².